The van der Waals surface area contributed by atoms with Crippen molar-refractivity contribution in [2.24, 2.45) is 0 Å². The number of carboxylic acid groups (broad SMARTS) is 1. The molecule has 1 fully saturated rings. The van der Waals surface area contributed by atoms with Crippen molar-refractivity contribution in [1.82, 2.24) is 14.8 Å². The topological polar surface area (TPSA) is 68.0 Å². The Morgan fingerprint density at radius 3 is 2.72 bits per heavy atom. The van der Waals surface area contributed by atoms with E-state index in [-0.39, 0.29) is 5.56 Å². The summed E-state index contributed by atoms with van der Waals surface area (Å²) in [6, 6.07) is 0.391. The Hall–Kier alpha value is -1.91. The van der Waals surface area contributed by atoms with Gasteiger partial charge in [0.2, 0.25) is 0 Å². The number of aromatic carboxylic acids is 1. The largest absolute Gasteiger partial charge is 0.478 e. The van der Waals surface area contributed by atoms with Crippen molar-refractivity contribution < 1.29 is 9.90 Å². The minimum Gasteiger partial charge on any atom is -0.478 e. The summed E-state index contributed by atoms with van der Waals surface area (Å²) in [4.78, 5) is 15.1. The van der Waals surface area contributed by atoms with Gasteiger partial charge in [-0.3, -0.25) is 9.67 Å². The van der Waals surface area contributed by atoms with Crippen LogP contribution in [0, 0.1) is 0 Å². The van der Waals surface area contributed by atoms with E-state index in [0.29, 0.717) is 11.4 Å². The second-order valence-electron chi connectivity index (χ2n) is 4.81. The van der Waals surface area contributed by atoms with E-state index in [1.54, 1.807) is 12.4 Å². The number of nitrogens with zero attached hydrogens (tertiary/aromatic N) is 3. The smallest absolute Gasteiger partial charge is 0.338 e. The van der Waals surface area contributed by atoms with Gasteiger partial charge >= 0.3 is 5.97 Å². The van der Waals surface area contributed by atoms with Crippen LogP contribution in [0.2, 0.25) is 0 Å². The van der Waals surface area contributed by atoms with Crippen LogP contribution in [0.1, 0.15) is 48.5 Å². The van der Waals surface area contributed by atoms with E-state index in [1.807, 2.05) is 4.68 Å². The van der Waals surface area contributed by atoms with Gasteiger partial charge < -0.3 is 5.11 Å². The summed E-state index contributed by atoms with van der Waals surface area (Å²) in [5.41, 5.74) is 1.07. The molecule has 18 heavy (non-hydrogen) atoms. The zero-order valence-electron chi connectivity index (χ0n) is 10.0. The van der Waals surface area contributed by atoms with Gasteiger partial charge in [-0.2, -0.15) is 5.10 Å². The van der Waals surface area contributed by atoms with Gasteiger partial charge in [-0.05, 0) is 12.8 Å². The molecule has 0 radical (unpaired) electrons. The number of fused-ring (bicyclic) bond motifs is 1. The van der Waals surface area contributed by atoms with Crippen LogP contribution < -0.4 is 0 Å². The fourth-order valence-electron chi connectivity index (χ4n) is 2.75. The zero-order valence-corrected chi connectivity index (χ0v) is 10.0. The lowest BCUT2D eigenvalue weighted by atomic mass is 9.95. The third-order valence-electron chi connectivity index (χ3n) is 3.68. The second kappa shape index (κ2) is 4.40. The summed E-state index contributed by atoms with van der Waals surface area (Å²) in [6.07, 6.45) is 10.7. The van der Waals surface area contributed by atoms with Crippen molar-refractivity contribution in [2.75, 3.05) is 0 Å². The molecular weight excluding hydrogens is 230 g/mol. The molecule has 0 spiro atoms. The molecule has 2 aromatic heterocycles. The molecule has 5 nitrogen and oxygen atoms in total. The van der Waals surface area contributed by atoms with Crippen LogP contribution in [-0.2, 0) is 0 Å². The van der Waals surface area contributed by atoms with Crippen molar-refractivity contribution >= 4 is 16.9 Å². The van der Waals surface area contributed by atoms with E-state index in [9.17, 15) is 4.79 Å². The average Bonchev–Trinajstić information content (AvgIpc) is 2.83. The monoisotopic (exact) mass is 245 g/mol. The molecule has 2 aromatic rings. The minimum absolute atomic E-state index is 0.231. The van der Waals surface area contributed by atoms with E-state index < -0.39 is 5.97 Å². The number of hydrogen-bond acceptors (Lipinski definition) is 3. The van der Waals surface area contributed by atoms with Gasteiger partial charge in [0.1, 0.15) is 0 Å². The fraction of sp³-hybridized carbons (Fsp3) is 0.462. The molecule has 1 saturated carbocycles. The highest BCUT2D eigenvalue weighted by Crippen LogP contribution is 2.30. The van der Waals surface area contributed by atoms with Gasteiger partial charge in [-0.15, -0.1) is 0 Å². The SMILES string of the molecule is O=C(O)c1cncc2c1cnn2C1CCCCC1. The molecule has 2 heterocycles. The maximum absolute atomic E-state index is 11.1. The first-order valence-electron chi connectivity index (χ1n) is 6.32. The normalized spacial score (nSPS) is 17.1. The van der Waals surface area contributed by atoms with Gasteiger partial charge in [0, 0.05) is 11.6 Å². The number of carboxylic acids is 1. The van der Waals surface area contributed by atoms with Gasteiger partial charge in [-0.25, -0.2) is 4.79 Å². The molecule has 5 heteroatoms. The predicted octanol–water partition coefficient (Wildman–Crippen LogP) is 2.63. The minimum atomic E-state index is -0.948. The summed E-state index contributed by atoms with van der Waals surface area (Å²) in [5.74, 6) is -0.948. The molecule has 0 atom stereocenters. The van der Waals surface area contributed by atoms with E-state index in [0.717, 1.165) is 18.4 Å². The van der Waals surface area contributed by atoms with Crippen LogP contribution in [0.3, 0.4) is 0 Å². The van der Waals surface area contributed by atoms with Gasteiger partial charge in [0.05, 0.1) is 29.5 Å². The second-order valence-corrected chi connectivity index (χ2v) is 4.81. The molecule has 0 bridgehead atoms. The molecule has 0 aliphatic heterocycles. The average molecular weight is 245 g/mol. The van der Waals surface area contributed by atoms with E-state index >= 15 is 0 Å². The van der Waals surface area contributed by atoms with Crippen molar-refractivity contribution in [2.45, 2.75) is 38.1 Å². The molecule has 3 rings (SSSR count). The highest BCUT2D eigenvalue weighted by atomic mass is 16.4. The number of rotatable bonds is 2. The third-order valence-corrected chi connectivity index (χ3v) is 3.68. The summed E-state index contributed by atoms with van der Waals surface area (Å²) < 4.78 is 1.95. The van der Waals surface area contributed by atoms with Gasteiger partial charge in [0.25, 0.3) is 0 Å². The Morgan fingerprint density at radius 1 is 1.22 bits per heavy atom. The van der Waals surface area contributed by atoms with Crippen LogP contribution in [0.25, 0.3) is 10.9 Å². The summed E-state index contributed by atoms with van der Waals surface area (Å²) in [7, 11) is 0. The van der Waals surface area contributed by atoms with Crippen LogP contribution in [0.4, 0.5) is 0 Å². The zero-order chi connectivity index (χ0) is 12.5. The first-order chi connectivity index (χ1) is 8.77. The molecule has 1 aliphatic rings. The van der Waals surface area contributed by atoms with Crippen molar-refractivity contribution in [3.63, 3.8) is 0 Å². The Labute approximate surface area is 104 Å². The lowest BCUT2D eigenvalue weighted by Crippen LogP contribution is -2.14. The van der Waals surface area contributed by atoms with Gasteiger partial charge in [0.15, 0.2) is 0 Å². The first kappa shape index (κ1) is 11.2. The molecule has 1 aliphatic carbocycles. The molecule has 0 saturated heterocycles. The van der Waals surface area contributed by atoms with Gasteiger partial charge in [-0.1, -0.05) is 19.3 Å². The van der Waals surface area contributed by atoms with E-state index in [4.69, 9.17) is 5.11 Å². The number of aromatic nitrogens is 3. The summed E-state index contributed by atoms with van der Waals surface area (Å²) in [5, 5.41) is 14.2. The first-order valence-corrected chi connectivity index (χ1v) is 6.32. The predicted molar refractivity (Wildman–Crippen MR) is 66.6 cm³/mol. The Balaban J connectivity index is 2.08. The van der Waals surface area contributed by atoms with Crippen molar-refractivity contribution in [3.05, 3.63) is 24.2 Å². The summed E-state index contributed by atoms with van der Waals surface area (Å²) in [6.45, 7) is 0. The number of carbonyl (C=O) groups is 1. The Morgan fingerprint density at radius 2 is 2.00 bits per heavy atom. The molecule has 0 unspecified atom stereocenters. The van der Waals surface area contributed by atoms with Crippen LogP contribution in [0.5, 0.6) is 0 Å². The van der Waals surface area contributed by atoms with E-state index in [2.05, 4.69) is 10.1 Å². The highest BCUT2D eigenvalue weighted by Gasteiger charge is 2.20. The summed E-state index contributed by atoms with van der Waals surface area (Å²) >= 11 is 0. The quantitative estimate of drug-likeness (QED) is 0.883. The van der Waals surface area contributed by atoms with Crippen molar-refractivity contribution in [1.29, 1.82) is 0 Å². The van der Waals surface area contributed by atoms with E-state index in [1.165, 1.54) is 25.5 Å². The molecule has 0 amide bonds. The Bertz CT molecular complexity index is 585. The molecule has 94 valence electrons. The lowest BCUT2D eigenvalue weighted by molar-refractivity contribution is 0.0698. The highest BCUT2D eigenvalue weighted by molar-refractivity contribution is 6.01. The van der Waals surface area contributed by atoms with Crippen LogP contribution in [0.15, 0.2) is 18.6 Å². The number of pyridine rings is 1. The molecule has 0 aromatic carbocycles. The standard InChI is InChI=1S/C13H15N3O2/c17-13(18)11-6-14-8-12-10(11)7-15-16(12)9-4-2-1-3-5-9/h6-9H,1-5H2,(H,17,18). The fourth-order valence-corrected chi connectivity index (χ4v) is 2.75. The maximum Gasteiger partial charge on any atom is 0.338 e. The Kier molecular flexibility index (Phi) is 2.74. The molecule has 1 N–H and O–H groups in total. The van der Waals surface area contributed by atoms with Crippen molar-refractivity contribution in [3.8, 4) is 0 Å². The lowest BCUT2D eigenvalue weighted by Gasteiger charge is -2.22. The number of hydrogen-bond donors (Lipinski definition) is 1. The maximum atomic E-state index is 11.1. The third kappa shape index (κ3) is 1.75. The van der Waals surface area contributed by atoms with Crippen LogP contribution in [-0.4, -0.2) is 25.8 Å². The van der Waals surface area contributed by atoms with Crippen LogP contribution >= 0.6 is 0 Å². The molecular formula is C13H15N3O2.